The van der Waals surface area contributed by atoms with E-state index in [4.69, 9.17) is 0 Å². The Balaban J connectivity index is 1.58. The van der Waals surface area contributed by atoms with Crippen LogP contribution in [0.15, 0.2) is 34.8 Å². The number of rotatable bonds is 8. The van der Waals surface area contributed by atoms with Crippen molar-refractivity contribution >= 4 is 15.9 Å². The first-order valence-corrected chi connectivity index (χ1v) is 13.5. The molecule has 0 N–H and O–H groups in total. The lowest BCUT2D eigenvalue weighted by molar-refractivity contribution is 0.0319. The van der Waals surface area contributed by atoms with Crippen LogP contribution in [0.25, 0.3) is 0 Å². The predicted molar refractivity (Wildman–Crippen MR) is 138 cm³/mol. The van der Waals surface area contributed by atoms with Crippen molar-refractivity contribution in [2.75, 3.05) is 0 Å². The van der Waals surface area contributed by atoms with Gasteiger partial charge in [0.05, 0.1) is 11.1 Å². The van der Waals surface area contributed by atoms with Gasteiger partial charge in [0.25, 0.3) is 0 Å². The highest BCUT2D eigenvalue weighted by atomic mass is 79.9. The topological polar surface area (TPSA) is 47.6 Å². The van der Waals surface area contributed by atoms with E-state index in [0.29, 0.717) is 16.5 Å². The molecule has 2 bridgehead atoms. The van der Waals surface area contributed by atoms with Gasteiger partial charge in [0.15, 0.2) is 0 Å². The second kappa shape index (κ2) is 10.0. The summed E-state index contributed by atoms with van der Waals surface area (Å²) >= 11 is 3.74. The summed E-state index contributed by atoms with van der Waals surface area (Å²) in [4.78, 5) is 0. The van der Waals surface area contributed by atoms with Crippen molar-refractivity contribution in [1.29, 1.82) is 10.5 Å². The average Bonchev–Trinajstić information content (AvgIpc) is 2.84. The van der Waals surface area contributed by atoms with E-state index in [1.807, 2.05) is 0 Å². The van der Waals surface area contributed by atoms with Gasteiger partial charge in [0.1, 0.15) is 12.1 Å². The zero-order valence-corrected chi connectivity index (χ0v) is 21.7. The fourth-order valence-corrected chi connectivity index (χ4v) is 7.24. The Kier molecular flexibility index (Phi) is 7.31. The number of fused-ring (bicyclic) bond motifs is 3. The maximum absolute atomic E-state index is 10.1. The van der Waals surface area contributed by atoms with Crippen molar-refractivity contribution in [1.82, 2.24) is 0 Å². The minimum Gasteiger partial charge on any atom is -0.192 e. The molecule has 172 valence electrons. The third kappa shape index (κ3) is 4.63. The molecule has 5 rings (SSSR count). The van der Waals surface area contributed by atoms with Crippen LogP contribution in [-0.2, 0) is 24.7 Å². The van der Waals surface area contributed by atoms with E-state index in [0.717, 1.165) is 41.3 Å². The van der Waals surface area contributed by atoms with Crippen molar-refractivity contribution < 1.29 is 0 Å². The molecule has 3 aliphatic rings. The molecule has 0 saturated heterocycles. The van der Waals surface area contributed by atoms with Gasteiger partial charge in [-0.25, -0.2) is 0 Å². The van der Waals surface area contributed by atoms with Crippen molar-refractivity contribution in [2.24, 2.45) is 5.41 Å². The molecule has 3 fully saturated rings. The molecule has 0 aliphatic heterocycles. The van der Waals surface area contributed by atoms with E-state index in [1.54, 1.807) is 0 Å². The van der Waals surface area contributed by atoms with Gasteiger partial charge in [-0.05, 0) is 103 Å². The maximum Gasteiger partial charge on any atom is 0.101 e. The summed E-state index contributed by atoms with van der Waals surface area (Å²) in [5.41, 5.74) is 6.67. The lowest BCUT2D eigenvalue weighted by atomic mass is 9.50. The minimum absolute atomic E-state index is 0.100. The van der Waals surface area contributed by atoms with Gasteiger partial charge >= 0.3 is 0 Å². The number of nitrogens with zero attached hydrogens (tertiary/aromatic N) is 2. The molecule has 0 spiro atoms. The summed E-state index contributed by atoms with van der Waals surface area (Å²) in [5.74, 6) is 0. The Morgan fingerprint density at radius 1 is 0.788 bits per heavy atom. The van der Waals surface area contributed by atoms with Gasteiger partial charge < -0.3 is 0 Å². The zero-order valence-electron chi connectivity index (χ0n) is 20.1. The summed E-state index contributed by atoms with van der Waals surface area (Å²) < 4.78 is 1.14. The van der Waals surface area contributed by atoms with E-state index < -0.39 is 0 Å². The molecule has 0 amide bonds. The van der Waals surface area contributed by atoms with Crippen LogP contribution in [0.4, 0.5) is 0 Å². The van der Waals surface area contributed by atoms with Crippen LogP contribution in [0.1, 0.15) is 105 Å². The highest BCUT2D eigenvalue weighted by molar-refractivity contribution is 9.10. The van der Waals surface area contributed by atoms with Crippen LogP contribution < -0.4 is 0 Å². The van der Waals surface area contributed by atoms with Gasteiger partial charge in [-0.2, -0.15) is 10.5 Å². The first-order valence-electron chi connectivity index (χ1n) is 12.7. The highest BCUT2D eigenvalue weighted by Gasteiger charge is 2.49. The highest BCUT2D eigenvalue weighted by Crippen LogP contribution is 2.60. The number of hydrogen-bond donors (Lipinski definition) is 0. The van der Waals surface area contributed by atoms with E-state index in [-0.39, 0.29) is 5.41 Å². The smallest absolute Gasteiger partial charge is 0.101 e. The number of nitriles is 2. The molecule has 33 heavy (non-hydrogen) atoms. The number of aryl methyl sites for hydroxylation is 3. The lowest BCUT2D eigenvalue weighted by Gasteiger charge is -2.54. The molecule has 3 aliphatic carbocycles. The van der Waals surface area contributed by atoms with Crippen LogP contribution in [0.5, 0.6) is 0 Å². The number of halogens is 1. The third-order valence-corrected chi connectivity index (χ3v) is 9.33. The predicted octanol–water partition coefficient (Wildman–Crippen LogP) is 8.32. The van der Waals surface area contributed by atoms with Crippen LogP contribution in [0.2, 0.25) is 0 Å². The van der Waals surface area contributed by atoms with E-state index in [1.165, 1.54) is 62.5 Å². The first-order chi connectivity index (χ1) is 16.0. The second-order valence-electron chi connectivity index (χ2n) is 10.5. The van der Waals surface area contributed by atoms with Gasteiger partial charge in [-0.1, -0.05) is 66.9 Å². The molecule has 0 unspecified atom stereocenters. The molecular weight excluding hydrogens is 468 g/mol. The van der Waals surface area contributed by atoms with E-state index >= 15 is 0 Å². The third-order valence-electron chi connectivity index (χ3n) is 8.59. The molecule has 0 aromatic heterocycles. The molecular formula is C30H35BrN2. The van der Waals surface area contributed by atoms with Crippen molar-refractivity contribution in [2.45, 2.75) is 96.3 Å². The Morgan fingerprint density at radius 2 is 1.42 bits per heavy atom. The zero-order chi connectivity index (χ0) is 23.5. The Hall–Kier alpha value is -2.10. The Labute approximate surface area is 208 Å². The van der Waals surface area contributed by atoms with Crippen LogP contribution in [-0.4, -0.2) is 0 Å². The normalized spacial score (nSPS) is 23.8. The lowest BCUT2D eigenvalue weighted by Crippen LogP contribution is -2.44. The quantitative estimate of drug-likeness (QED) is 0.364. The summed E-state index contributed by atoms with van der Waals surface area (Å²) in [6, 6.07) is 15.9. The van der Waals surface area contributed by atoms with E-state index in [9.17, 15) is 10.5 Å². The number of benzene rings is 2. The van der Waals surface area contributed by atoms with E-state index in [2.05, 4.69) is 72.2 Å². The first kappa shape index (κ1) is 24.0. The largest absolute Gasteiger partial charge is 0.192 e. The Bertz CT molecular complexity index is 1080. The standard InChI is InChI=1S/C30H35BrN2/c1-3-5-22-6-7-24(28(31)19-22)9-8-23-10-11-27(26(21-33)25(23)20-32)30-16-13-29(12-4-2,14-17-30)15-18-30/h6-7,10-11,19H,3-5,8-9,12-18H2,1-2H3. The number of hydrogen-bond acceptors (Lipinski definition) is 2. The monoisotopic (exact) mass is 502 g/mol. The van der Waals surface area contributed by atoms with Gasteiger partial charge in [-0.15, -0.1) is 0 Å². The molecule has 0 radical (unpaired) electrons. The fourth-order valence-electron chi connectivity index (χ4n) is 6.62. The fraction of sp³-hybridized carbons (Fsp3) is 0.533. The maximum atomic E-state index is 10.1. The molecule has 0 heterocycles. The van der Waals surface area contributed by atoms with Crippen molar-refractivity contribution in [3.05, 3.63) is 68.2 Å². The Morgan fingerprint density at radius 3 is 2.00 bits per heavy atom. The second-order valence-corrected chi connectivity index (χ2v) is 11.3. The van der Waals surface area contributed by atoms with Gasteiger partial charge in [-0.3, -0.25) is 0 Å². The molecule has 3 saturated carbocycles. The SMILES string of the molecule is CCCc1ccc(CCc2ccc(C34CCC(CCC)(CC3)CC4)c(C#N)c2C#N)c(Br)c1. The summed E-state index contributed by atoms with van der Waals surface area (Å²) in [5, 5.41) is 20.2. The van der Waals surface area contributed by atoms with Crippen molar-refractivity contribution in [3.8, 4) is 12.1 Å². The van der Waals surface area contributed by atoms with Crippen LogP contribution in [0.3, 0.4) is 0 Å². The molecule has 2 aromatic carbocycles. The molecule has 2 aromatic rings. The van der Waals surface area contributed by atoms with Gasteiger partial charge in [0.2, 0.25) is 0 Å². The van der Waals surface area contributed by atoms with Crippen LogP contribution in [0, 0.1) is 28.1 Å². The summed E-state index contributed by atoms with van der Waals surface area (Å²) in [7, 11) is 0. The van der Waals surface area contributed by atoms with Crippen LogP contribution >= 0.6 is 15.9 Å². The van der Waals surface area contributed by atoms with Gasteiger partial charge in [0, 0.05) is 4.47 Å². The summed E-state index contributed by atoms with van der Waals surface area (Å²) in [6.45, 7) is 4.50. The average molecular weight is 504 g/mol. The summed E-state index contributed by atoms with van der Waals surface area (Å²) in [6.07, 6.45) is 13.8. The molecule has 0 atom stereocenters. The molecule has 3 heteroatoms. The van der Waals surface area contributed by atoms with Crippen molar-refractivity contribution in [3.63, 3.8) is 0 Å². The minimum atomic E-state index is 0.100. The molecule has 2 nitrogen and oxygen atoms in total.